The fraction of sp³-hybridized carbons (Fsp3) is 0.318. The van der Waals surface area contributed by atoms with Gasteiger partial charge in [0.05, 0.1) is 0 Å². The van der Waals surface area contributed by atoms with Gasteiger partial charge in [0.1, 0.15) is 0 Å². The lowest BCUT2D eigenvalue weighted by atomic mass is 10.1. The molecule has 146 valence electrons. The standard InChI is InChI=1S/C22H24N2O4/c25-20-8-4-15-24(20)19-12-10-18(11-13-19)22(28)23(14-5-9-21(26)27)16-17-6-2-1-3-7-17/h1-3,6-7,10-13H,4-5,8-9,14-16H2,(H,26,27). The summed E-state index contributed by atoms with van der Waals surface area (Å²) in [5, 5.41) is 8.89. The Morgan fingerprint density at radius 2 is 1.75 bits per heavy atom. The van der Waals surface area contributed by atoms with Gasteiger partial charge in [0.25, 0.3) is 5.91 Å². The molecule has 2 aromatic carbocycles. The van der Waals surface area contributed by atoms with Crippen molar-refractivity contribution in [3.05, 3.63) is 65.7 Å². The van der Waals surface area contributed by atoms with Crippen LogP contribution in [0, 0.1) is 0 Å². The topological polar surface area (TPSA) is 77.9 Å². The summed E-state index contributed by atoms with van der Waals surface area (Å²) in [6.07, 6.45) is 1.84. The Bertz CT molecular complexity index is 833. The van der Waals surface area contributed by atoms with Crippen molar-refractivity contribution in [3.8, 4) is 0 Å². The van der Waals surface area contributed by atoms with Crippen LogP contribution in [0.2, 0.25) is 0 Å². The molecule has 1 saturated heterocycles. The first-order chi connectivity index (χ1) is 13.5. The number of benzene rings is 2. The molecule has 2 aromatic rings. The lowest BCUT2D eigenvalue weighted by molar-refractivity contribution is -0.137. The molecule has 0 aromatic heterocycles. The molecule has 0 radical (unpaired) electrons. The Hall–Kier alpha value is -3.15. The zero-order valence-electron chi connectivity index (χ0n) is 15.7. The van der Waals surface area contributed by atoms with Gasteiger partial charge in [0, 0.05) is 43.7 Å². The quantitative estimate of drug-likeness (QED) is 0.762. The first-order valence-electron chi connectivity index (χ1n) is 9.50. The highest BCUT2D eigenvalue weighted by Crippen LogP contribution is 2.22. The van der Waals surface area contributed by atoms with Crippen molar-refractivity contribution in [1.29, 1.82) is 0 Å². The molecule has 2 amide bonds. The van der Waals surface area contributed by atoms with Gasteiger partial charge in [0.2, 0.25) is 5.91 Å². The molecule has 1 heterocycles. The number of carboxylic acids is 1. The summed E-state index contributed by atoms with van der Waals surface area (Å²) in [4.78, 5) is 39.1. The van der Waals surface area contributed by atoms with Crippen LogP contribution in [0.3, 0.4) is 0 Å². The number of rotatable bonds is 8. The molecule has 0 aliphatic carbocycles. The van der Waals surface area contributed by atoms with Gasteiger partial charge in [0.15, 0.2) is 0 Å². The molecule has 0 saturated carbocycles. The van der Waals surface area contributed by atoms with Gasteiger partial charge in [-0.05, 0) is 42.7 Å². The number of carboxylic acid groups (broad SMARTS) is 1. The third-order valence-corrected chi connectivity index (χ3v) is 4.82. The van der Waals surface area contributed by atoms with Crippen LogP contribution in [-0.2, 0) is 16.1 Å². The molecular formula is C22H24N2O4. The average molecular weight is 380 g/mol. The average Bonchev–Trinajstić information content (AvgIpc) is 3.13. The van der Waals surface area contributed by atoms with E-state index in [1.165, 1.54) is 0 Å². The largest absolute Gasteiger partial charge is 0.481 e. The van der Waals surface area contributed by atoms with E-state index >= 15 is 0 Å². The maximum atomic E-state index is 13.0. The third kappa shape index (κ3) is 4.97. The second-order valence-electron chi connectivity index (χ2n) is 6.91. The minimum atomic E-state index is -0.869. The molecular weight excluding hydrogens is 356 g/mol. The molecule has 0 spiro atoms. The fourth-order valence-electron chi connectivity index (χ4n) is 3.37. The minimum absolute atomic E-state index is 0.0224. The summed E-state index contributed by atoms with van der Waals surface area (Å²) in [6, 6.07) is 16.7. The van der Waals surface area contributed by atoms with Gasteiger partial charge in [-0.2, -0.15) is 0 Å². The highest BCUT2D eigenvalue weighted by molar-refractivity contribution is 5.97. The SMILES string of the molecule is O=C(O)CCCN(Cc1ccccc1)C(=O)c1ccc(N2CCCC2=O)cc1. The van der Waals surface area contributed by atoms with Crippen LogP contribution in [-0.4, -0.2) is 40.9 Å². The smallest absolute Gasteiger partial charge is 0.303 e. The van der Waals surface area contributed by atoms with Crippen molar-refractivity contribution in [1.82, 2.24) is 4.90 Å². The molecule has 1 fully saturated rings. The molecule has 0 unspecified atom stereocenters. The van der Waals surface area contributed by atoms with Gasteiger partial charge < -0.3 is 14.9 Å². The maximum absolute atomic E-state index is 13.0. The van der Waals surface area contributed by atoms with Crippen molar-refractivity contribution in [2.45, 2.75) is 32.2 Å². The molecule has 6 nitrogen and oxygen atoms in total. The van der Waals surface area contributed by atoms with Gasteiger partial charge in [-0.25, -0.2) is 0 Å². The second kappa shape index (κ2) is 9.17. The number of carbonyl (C=O) groups is 3. The lowest BCUT2D eigenvalue weighted by Crippen LogP contribution is -2.32. The Balaban J connectivity index is 1.73. The number of hydrogen-bond donors (Lipinski definition) is 1. The van der Waals surface area contributed by atoms with Crippen LogP contribution < -0.4 is 4.90 Å². The number of hydrogen-bond acceptors (Lipinski definition) is 3. The van der Waals surface area contributed by atoms with E-state index in [0.29, 0.717) is 38.0 Å². The normalized spacial score (nSPS) is 13.6. The van der Waals surface area contributed by atoms with Gasteiger partial charge >= 0.3 is 5.97 Å². The van der Waals surface area contributed by atoms with Crippen LogP contribution in [0.25, 0.3) is 0 Å². The van der Waals surface area contributed by atoms with Crippen LogP contribution in [0.5, 0.6) is 0 Å². The zero-order chi connectivity index (χ0) is 19.9. The minimum Gasteiger partial charge on any atom is -0.481 e. The van der Waals surface area contributed by atoms with Crippen molar-refractivity contribution >= 4 is 23.5 Å². The summed E-state index contributed by atoms with van der Waals surface area (Å²) in [5.74, 6) is -0.904. The van der Waals surface area contributed by atoms with Gasteiger partial charge in [-0.15, -0.1) is 0 Å². The van der Waals surface area contributed by atoms with Crippen molar-refractivity contribution in [3.63, 3.8) is 0 Å². The Morgan fingerprint density at radius 3 is 2.36 bits per heavy atom. The molecule has 1 aliphatic heterocycles. The molecule has 28 heavy (non-hydrogen) atoms. The van der Waals surface area contributed by atoms with Crippen LogP contribution in [0.15, 0.2) is 54.6 Å². The highest BCUT2D eigenvalue weighted by Gasteiger charge is 2.22. The van der Waals surface area contributed by atoms with E-state index in [0.717, 1.165) is 17.7 Å². The summed E-state index contributed by atoms with van der Waals surface area (Å²) in [7, 11) is 0. The fourth-order valence-corrected chi connectivity index (χ4v) is 3.37. The maximum Gasteiger partial charge on any atom is 0.303 e. The third-order valence-electron chi connectivity index (χ3n) is 4.82. The van der Waals surface area contributed by atoms with E-state index in [9.17, 15) is 14.4 Å². The number of anilines is 1. The summed E-state index contributed by atoms with van der Waals surface area (Å²) < 4.78 is 0. The van der Waals surface area contributed by atoms with Crippen molar-refractivity contribution in [2.75, 3.05) is 18.0 Å². The second-order valence-corrected chi connectivity index (χ2v) is 6.91. The number of nitrogens with zero attached hydrogens (tertiary/aromatic N) is 2. The number of carbonyl (C=O) groups excluding carboxylic acids is 2. The van der Waals surface area contributed by atoms with Crippen molar-refractivity contribution in [2.24, 2.45) is 0 Å². The van der Waals surface area contributed by atoms with Crippen molar-refractivity contribution < 1.29 is 19.5 Å². The Labute approximate surface area is 164 Å². The first kappa shape index (κ1) is 19.6. The highest BCUT2D eigenvalue weighted by atomic mass is 16.4. The van der Waals surface area contributed by atoms with Crippen LogP contribution in [0.1, 0.15) is 41.6 Å². The molecule has 6 heteroatoms. The number of aliphatic carboxylic acids is 1. The molecule has 1 aliphatic rings. The monoisotopic (exact) mass is 380 g/mol. The van der Waals surface area contributed by atoms with E-state index in [1.54, 1.807) is 34.1 Å². The Kier molecular flexibility index (Phi) is 6.42. The predicted octanol–water partition coefficient (Wildman–Crippen LogP) is 3.32. The van der Waals surface area contributed by atoms with E-state index in [1.807, 2.05) is 30.3 Å². The van der Waals surface area contributed by atoms with Gasteiger partial charge in [-0.3, -0.25) is 14.4 Å². The summed E-state index contributed by atoms with van der Waals surface area (Å²) >= 11 is 0. The lowest BCUT2D eigenvalue weighted by Gasteiger charge is -2.23. The molecule has 0 bridgehead atoms. The van der Waals surface area contributed by atoms with E-state index in [-0.39, 0.29) is 18.2 Å². The summed E-state index contributed by atoms with van der Waals surface area (Å²) in [5.41, 5.74) is 2.33. The first-order valence-corrected chi connectivity index (χ1v) is 9.50. The van der Waals surface area contributed by atoms with Crippen LogP contribution in [0.4, 0.5) is 5.69 Å². The molecule has 3 rings (SSSR count). The predicted molar refractivity (Wildman–Crippen MR) is 106 cm³/mol. The molecule has 1 N–H and O–H groups in total. The summed E-state index contributed by atoms with van der Waals surface area (Å²) in [6.45, 7) is 1.50. The van der Waals surface area contributed by atoms with E-state index < -0.39 is 5.97 Å². The van der Waals surface area contributed by atoms with E-state index in [4.69, 9.17) is 5.11 Å². The number of amides is 2. The van der Waals surface area contributed by atoms with Crippen LogP contribution >= 0.6 is 0 Å². The molecule has 0 atom stereocenters. The Morgan fingerprint density at radius 1 is 1.04 bits per heavy atom. The van der Waals surface area contributed by atoms with E-state index in [2.05, 4.69) is 0 Å². The zero-order valence-corrected chi connectivity index (χ0v) is 15.7. The van der Waals surface area contributed by atoms with Gasteiger partial charge in [-0.1, -0.05) is 30.3 Å².